The smallest absolute Gasteiger partial charge is 0.244 e. The standard InChI is InChI=1S/C21H25N3O3/c1-3-23(4-2)16-9-7-15(8-10-16)22-17(25)12-24-20(26)18-13-5-6-14(11-13)19(18)21(24)27/h5-10,13-14,18-19H,3-4,11-12H2,1-2H3,(H,22,25). The van der Waals surface area contributed by atoms with E-state index in [1.54, 1.807) is 0 Å². The number of nitrogens with zero attached hydrogens (tertiary/aromatic N) is 2. The lowest BCUT2D eigenvalue weighted by Crippen LogP contribution is -2.39. The second-order valence-corrected chi connectivity index (χ2v) is 7.53. The third-order valence-electron chi connectivity index (χ3n) is 6.14. The van der Waals surface area contributed by atoms with E-state index in [4.69, 9.17) is 0 Å². The van der Waals surface area contributed by atoms with Gasteiger partial charge in [0, 0.05) is 24.5 Å². The number of hydrogen-bond acceptors (Lipinski definition) is 4. The molecule has 3 aliphatic rings. The average Bonchev–Trinajstić information content (AvgIpc) is 3.34. The van der Waals surface area contributed by atoms with Crippen LogP contribution in [0.4, 0.5) is 11.4 Å². The van der Waals surface area contributed by atoms with Gasteiger partial charge in [-0.25, -0.2) is 0 Å². The highest BCUT2D eigenvalue weighted by Crippen LogP contribution is 2.52. The van der Waals surface area contributed by atoms with Crippen LogP contribution in [0.5, 0.6) is 0 Å². The molecule has 0 radical (unpaired) electrons. The van der Waals surface area contributed by atoms with Gasteiger partial charge in [0.1, 0.15) is 6.54 Å². The highest BCUT2D eigenvalue weighted by molar-refractivity contribution is 6.09. The SMILES string of the molecule is CCN(CC)c1ccc(NC(=O)CN2C(=O)C3C4C=CC(C4)C3C2=O)cc1. The molecule has 6 nitrogen and oxygen atoms in total. The number of imide groups is 1. The van der Waals surface area contributed by atoms with Gasteiger partial charge in [-0.2, -0.15) is 0 Å². The predicted molar refractivity (Wildman–Crippen MR) is 103 cm³/mol. The minimum Gasteiger partial charge on any atom is -0.372 e. The average molecular weight is 367 g/mol. The Hall–Kier alpha value is -2.63. The van der Waals surface area contributed by atoms with Gasteiger partial charge in [0.25, 0.3) is 0 Å². The van der Waals surface area contributed by atoms with Crippen LogP contribution < -0.4 is 10.2 Å². The summed E-state index contributed by atoms with van der Waals surface area (Å²) in [7, 11) is 0. The Kier molecular flexibility index (Phi) is 4.50. The van der Waals surface area contributed by atoms with Crippen LogP contribution in [0.15, 0.2) is 36.4 Å². The van der Waals surface area contributed by atoms with E-state index >= 15 is 0 Å². The summed E-state index contributed by atoms with van der Waals surface area (Å²) in [6.07, 6.45) is 5.00. The largest absolute Gasteiger partial charge is 0.372 e. The molecule has 2 bridgehead atoms. The second-order valence-electron chi connectivity index (χ2n) is 7.53. The zero-order valence-electron chi connectivity index (χ0n) is 15.7. The zero-order valence-corrected chi connectivity index (χ0v) is 15.7. The van der Waals surface area contributed by atoms with Gasteiger partial charge in [0.05, 0.1) is 11.8 Å². The first-order valence-electron chi connectivity index (χ1n) is 9.71. The maximum Gasteiger partial charge on any atom is 0.244 e. The minimum absolute atomic E-state index is 0.164. The number of carbonyl (C=O) groups is 3. The molecule has 4 rings (SSSR count). The molecule has 1 aliphatic heterocycles. The lowest BCUT2D eigenvalue weighted by atomic mass is 9.85. The van der Waals surface area contributed by atoms with Crippen molar-refractivity contribution in [2.75, 3.05) is 29.9 Å². The Bertz CT molecular complexity index is 767. The molecule has 4 atom stereocenters. The summed E-state index contributed by atoms with van der Waals surface area (Å²) < 4.78 is 0. The Morgan fingerprint density at radius 3 is 2.11 bits per heavy atom. The van der Waals surface area contributed by atoms with Crippen molar-refractivity contribution in [2.24, 2.45) is 23.7 Å². The van der Waals surface area contributed by atoms with Gasteiger partial charge >= 0.3 is 0 Å². The molecule has 1 aromatic rings. The molecule has 0 spiro atoms. The number of anilines is 2. The Morgan fingerprint density at radius 2 is 1.59 bits per heavy atom. The molecule has 1 N–H and O–H groups in total. The maximum atomic E-state index is 12.6. The molecule has 6 heteroatoms. The van der Waals surface area contributed by atoms with Gasteiger partial charge in [0.2, 0.25) is 17.7 Å². The highest BCUT2D eigenvalue weighted by Gasteiger charge is 2.59. The van der Waals surface area contributed by atoms with Crippen LogP contribution in [0, 0.1) is 23.7 Å². The van der Waals surface area contributed by atoms with Crippen molar-refractivity contribution in [3.63, 3.8) is 0 Å². The van der Waals surface area contributed by atoms with Crippen molar-refractivity contribution in [2.45, 2.75) is 20.3 Å². The van der Waals surface area contributed by atoms with E-state index in [9.17, 15) is 14.4 Å². The number of benzene rings is 1. The molecular weight excluding hydrogens is 342 g/mol. The van der Waals surface area contributed by atoms with Crippen LogP contribution in [-0.4, -0.2) is 42.3 Å². The van der Waals surface area contributed by atoms with E-state index in [1.165, 1.54) is 0 Å². The highest BCUT2D eigenvalue weighted by atomic mass is 16.2. The molecule has 2 fully saturated rings. The summed E-state index contributed by atoms with van der Waals surface area (Å²) in [6.45, 7) is 5.82. The summed E-state index contributed by atoms with van der Waals surface area (Å²) in [5.74, 6) is -0.896. The Labute approximate surface area is 159 Å². The number of amides is 3. The van der Waals surface area contributed by atoms with Crippen molar-refractivity contribution in [3.8, 4) is 0 Å². The van der Waals surface area contributed by atoms with Crippen LogP contribution in [0.3, 0.4) is 0 Å². The third-order valence-corrected chi connectivity index (χ3v) is 6.14. The zero-order chi connectivity index (χ0) is 19.1. The van der Waals surface area contributed by atoms with Crippen molar-refractivity contribution < 1.29 is 14.4 Å². The van der Waals surface area contributed by atoms with E-state index in [2.05, 4.69) is 36.2 Å². The first-order valence-corrected chi connectivity index (χ1v) is 9.71. The van der Waals surface area contributed by atoms with E-state index in [-0.39, 0.29) is 47.9 Å². The summed E-state index contributed by atoms with van der Waals surface area (Å²) in [5, 5.41) is 2.80. The van der Waals surface area contributed by atoms with Crippen molar-refractivity contribution in [1.29, 1.82) is 0 Å². The minimum atomic E-state index is -0.340. The van der Waals surface area contributed by atoms with Crippen LogP contribution in [0.25, 0.3) is 0 Å². The molecule has 1 saturated carbocycles. The number of carbonyl (C=O) groups excluding carboxylic acids is 3. The number of likely N-dealkylation sites (tertiary alicyclic amines) is 1. The van der Waals surface area contributed by atoms with Gasteiger partial charge in [-0.15, -0.1) is 0 Å². The van der Waals surface area contributed by atoms with Gasteiger partial charge in [-0.05, 0) is 56.4 Å². The van der Waals surface area contributed by atoms with Gasteiger partial charge in [0.15, 0.2) is 0 Å². The van der Waals surface area contributed by atoms with E-state index in [0.717, 1.165) is 30.1 Å². The molecule has 2 aliphatic carbocycles. The lowest BCUT2D eigenvalue weighted by molar-refractivity contribution is -0.143. The van der Waals surface area contributed by atoms with Crippen LogP contribution in [0.1, 0.15) is 20.3 Å². The fraction of sp³-hybridized carbons (Fsp3) is 0.476. The topological polar surface area (TPSA) is 69.7 Å². The first-order chi connectivity index (χ1) is 13.0. The van der Waals surface area contributed by atoms with Crippen LogP contribution >= 0.6 is 0 Å². The fourth-order valence-corrected chi connectivity index (χ4v) is 4.81. The van der Waals surface area contributed by atoms with Gasteiger partial charge in [-0.1, -0.05) is 12.2 Å². The van der Waals surface area contributed by atoms with Crippen LogP contribution in [-0.2, 0) is 14.4 Å². The second kappa shape index (κ2) is 6.83. The number of rotatable bonds is 6. The molecule has 1 aromatic carbocycles. The molecule has 1 saturated heterocycles. The van der Waals surface area contributed by atoms with Gasteiger partial charge in [-0.3, -0.25) is 19.3 Å². The van der Waals surface area contributed by atoms with Crippen molar-refractivity contribution in [3.05, 3.63) is 36.4 Å². The Morgan fingerprint density at radius 1 is 1.04 bits per heavy atom. The summed E-state index contributed by atoms with van der Waals surface area (Å²) >= 11 is 0. The number of allylic oxidation sites excluding steroid dienone is 2. The number of fused-ring (bicyclic) bond motifs is 5. The predicted octanol–water partition coefficient (Wildman–Crippen LogP) is 2.28. The normalized spacial score (nSPS) is 28.0. The monoisotopic (exact) mass is 367 g/mol. The molecule has 4 unspecified atom stereocenters. The molecule has 0 aromatic heterocycles. The third kappa shape index (κ3) is 2.93. The van der Waals surface area contributed by atoms with Crippen LogP contribution in [0.2, 0.25) is 0 Å². The fourth-order valence-electron chi connectivity index (χ4n) is 4.81. The maximum absolute atomic E-state index is 12.6. The summed E-state index contributed by atoms with van der Waals surface area (Å²) in [5.41, 5.74) is 1.76. The molecular formula is C21H25N3O3. The lowest BCUT2D eigenvalue weighted by Gasteiger charge is -2.21. The Balaban J connectivity index is 1.39. The number of nitrogens with one attached hydrogen (secondary N) is 1. The van der Waals surface area contributed by atoms with E-state index in [1.807, 2.05) is 24.3 Å². The summed E-state index contributed by atoms with van der Waals surface area (Å²) in [6, 6.07) is 7.61. The molecule has 1 heterocycles. The van der Waals surface area contributed by atoms with E-state index in [0.29, 0.717) is 5.69 Å². The quantitative estimate of drug-likeness (QED) is 0.619. The first kappa shape index (κ1) is 17.8. The van der Waals surface area contributed by atoms with Gasteiger partial charge < -0.3 is 10.2 Å². The van der Waals surface area contributed by atoms with Crippen molar-refractivity contribution in [1.82, 2.24) is 4.90 Å². The van der Waals surface area contributed by atoms with E-state index < -0.39 is 0 Å². The molecule has 3 amide bonds. The van der Waals surface area contributed by atoms with Crippen molar-refractivity contribution >= 4 is 29.1 Å². The summed E-state index contributed by atoms with van der Waals surface area (Å²) in [4.78, 5) is 41.1. The number of hydrogen-bond donors (Lipinski definition) is 1. The molecule has 27 heavy (non-hydrogen) atoms. The molecule has 142 valence electrons.